The first kappa shape index (κ1) is 16.9. The van der Waals surface area contributed by atoms with Crippen LogP contribution in [0.15, 0.2) is 30.6 Å². The number of nitrogens with one attached hydrogen (secondary N) is 1. The molecule has 0 spiro atoms. The normalized spacial score (nSPS) is 14.2. The van der Waals surface area contributed by atoms with Gasteiger partial charge in [0.05, 0.1) is 11.5 Å². The highest BCUT2D eigenvalue weighted by atomic mass is 16.6. The van der Waals surface area contributed by atoms with Crippen molar-refractivity contribution < 1.29 is 9.66 Å². The summed E-state index contributed by atoms with van der Waals surface area (Å²) in [5, 5.41) is 14.7. The van der Waals surface area contributed by atoms with Gasteiger partial charge in [0.1, 0.15) is 12.1 Å². The Kier molecular flexibility index (Phi) is 5.27. The summed E-state index contributed by atoms with van der Waals surface area (Å²) in [6.07, 6.45) is 4.55. The van der Waals surface area contributed by atoms with E-state index >= 15 is 0 Å². The van der Waals surface area contributed by atoms with E-state index in [4.69, 9.17) is 4.74 Å². The first-order valence-corrected chi connectivity index (χ1v) is 8.43. The topological polar surface area (TPSA) is 93.4 Å². The molecule has 0 atom stereocenters. The van der Waals surface area contributed by atoms with Crippen molar-refractivity contribution in [1.29, 1.82) is 0 Å². The zero-order chi connectivity index (χ0) is 17.6. The van der Waals surface area contributed by atoms with Gasteiger partial charge in [-0.3, -0.25) is 10.1 Å². The standard InChI is InChI=1S/C17H21N5O3/c1-2-25-14-8-6-13(7-9-14)20-16-15(22(23)24)17(19-12-18-16)21-10-4-3-5-11-21/h6-9,12H,2-5,10-11H2,1H3,(H,18,19,20). The van der Waals surface area contributed by atoms with Crippen molar-refractivity contribution in [3.63, 3.8) is 0 Å². The first-order valence-electron chi connectivity index (χ1n) is 8.43. The van der Waals surface area contributed by atoms with E-state index < -0.39 is 4.92 Å². The summed E-state index contributed by atoms with van der Waals surface area (Å²) in [5.74, 6) is 1.33. The maximum atomic E-state index is 11.7. The van der Waals surface area contributed by atoms with Crippen molar-refractivity contribution in [2.24, 2.45) is 0 Å². The summed E-state index contributed by atoms with van der Waals surface area (Å²) in [4.78, 5) is 21.5. The van der Waals surface area contributed by atoms with Gasteiger partial charge >= 0.3 is 5.69 Å². The molecule has 132 valence electrons. The van der Waals surface area contributed by atoms with Gasteiger partial charge in [0.25, 0.3) is 0 Å². The summed E-state index contributed by atoms with van der Waals surface area (Å²) in [7, 11) is 0. The Morgan fingerprint density at radius 1 is 1.20 bits per heavy atom. The molecule has 0 amide bonds. The molecule has 1 aromatic carbocycles. The van der Waals surface area contributed by atoms with Crippen molar-refractivity contribution in [1.82, 2.24) is 9.97 Å². The molecule has 0 saturated carbocycles. The van der Waals surface area contributed by atoms with E-state index in [1.54, 1.807) is 12.1 Å². The molecule has 0 bridgehead atoms. The molecular weight excluding hydrogens is 322 g/mol. The van der Waals surface area contributed by atoms with E-state index in [0.29, 0.717) is 18.1 Å². The number of aromatic nitrogens is 2. The van der Waals surface area contributed by atoms with Gasteiger partial charge in [-0.05, 0) is 50.5 Å². The predicted molar refractivity (Wildman–Crippen MR) is 95.6 cm³/mol. The highest BCUT2D eigenvalue weighted by Crippen LogP contribution is 2.34. The molecule has 3 rings (SSSR count). The van der Waals surface area contributed by atoms with Crippen LogP contribution in [0, 0.1) is 10.1 Å². The average Bonchev–Trinajstić information content (AvgIpc) is 2.64. The third kappa shape index (κ3) is 3.96. The molecule has 8 heteroatoms. The molecule has 2 aromatic rings. The van der Waals surface area contributed by atoms with E-state index in [9.17, 15) is 10.1 Å². The zero-order valence-corrected chi connectivity index (χ0v) is 14.1. The number of ether oxygens (including phenoxy) is 1. The van der Waals surface area contributed by atoms with Crippen molar-refractivity contribution in [2.75, 3.05) is 29.9 Å². The number of anilines is 3. The van der Waals surface area contributed by atoms with Gasteiger partial charge in [-0.25, -0.2) is 9.97 Å². The third-order valence-corrected chi connectivity index (χ3v) is 4.07. The molecule has 0 aliphatic carbocycles. The SMILES string of the molecule is CCOc1ccc(Nc2ncnc(N3CCCCC3)c2[N+](=O)[O-])cc1. The molecule has 1 N–H and O–H groups in total. The maximum absolute atomic E-state index is 11.7. The van der Waals surface area contributed by atoms with Crippen LogP contribution in [0.25, 0.3) is 0 Å². The lowest BCUT2D eigenvalue weighted by molar-refractivity contribution is -0.383. The lowest BCUT2D eigenvalue weighted by Crippen LogP contribution is -2.31. The Hall–Kier alpha value is -2.90. The van der Waals surface area contributed by atoms with Gasteiger partial charge in [0, 0.05) is 18.8 Å². The second-order valence-electron chi connectivity index (χ2n) is 5.78. The van der Waals surface area contributed by atoms with Gasteiger partial charge in [-0.2, -0.15) is 0 Å². The molecule has 0 radical (unpaired) electrons. The van der Waals surface area contributed by atoms with Crippen LogP contribution in [-0.4, -0.2) is 34.6 Å². The molecule has 1 aliphatic heterocycles. The van der Waals surface area contributed by atoms with Crippen LogP contribution in [0.2, 0.25) is 0 Å². The second-order valence-corrected chi connectivity index (χ2v) is 5.78. The molecule has 2 heterocycles. The molecule has 1 aliphatic rings. The van der Waals surface area contributed by atoms with E-state index in [2.05, 4.69) is 15.3 Å². The fourth-order valence-corrected chi connectivity index (χ4v) is 2.90. The van der Waals surface area contributed by atoms with Crippen LogP contribution in [0.1, 0.15) is 26.2 Å². The number of nitrogens with zero attached hydrogens (tertiary/aromatic N) is 4. The van der Waals surface area contributed by atoms with Crippen molar-refractivity contribution in [3.8, 4) is 5.75 Å². The van der Waals surface area contributed by atoms with Crippen molar-refractivity contribution in [2.45, 2.75) is 26.2 Å². The second kappa shape index (κ2) is 7.78. The van der Waals surface area contributed by atoms with Crippen LogP contribution in [0.4, 0.5) is 23.0 Å². The number of nitro groups is 1. The fraction of sp³-hybridized carbons (Fsp3) is 0.412. The molecule has 1 saturated heterocycles. The van der Waals surface area contributed by atoms with Crippen LogP contribution in [0.3, 0.4) is 0 Å². The van der Waals surface area contributed by atoms with Crippen LogP contribution in [-0.2, 0) is 0 Å². The van der Waals surface area contributed by atoms with E-state index in [1.807, 2.05) is 24.0 Å². The first-order chi connectivity index (χ1) is 12.2. The summed E-state index contributed by atoms with van der Waals surface area (Å²) < 4.78 is 5.40. The highest BCUT2D eigenvalue weighted by molar-refractivity contribution is 5.74. The Labute approximate surface area is 146 Å². The van der Waals surface area contributed by atoms with Gasteiger partial charge in [-0.1, -0.05) is 0 Å². The highest BCUT2D eigenvalue weighted by Gasteiger charge is 2.27. The van der Waals surface area contributed by atoms with Gasteiger partial charge in [0.15, 0.2) is 0 Å². The van der Waals surface area contributed by atoms with Crippen LogP contribution in [0.5, 0.6) is 5.75 Å². The molecule has 1 fully saturated rings. The van der Waals surface area contributed by atoms with Gasteiger partial charge < -0.3 is 15.0 Å². The zero-order valence-electron chi connectivity index (χ0n) is 14.1. The molecule has 25 heavy (non-hydrogen) atoms. The summed E-state index contributed by atoms with van der Waals surface area (Å²) in [6.45, 7) is 4.06. The van der Waals surface area contributed by atoms with E-state index in [1.165, 1.54) is 6.33 Å². The number of hydrogen-bond acceptors (Lipinski definition) is 7. The molecule has 0 unspecified atom stereocenters. The smallest absolute Gasteiger partial charge is 0.353 e. The minimum absolute atomic E-state index is 0.0849. The quantitative estimate of drug-likeness (QED) is 0.633. The van der Waals surface area contributed by atoms with Crippen molar-refractivity contribution >= 4 is 23.0 Å². The van der Waals surface area contributed by atoms with Crippen molar-refractivity contribution in [3.05, 3.63) is 40.7 Å². The third-order valence-electron chi connectivity index (χ3n) is 4.07. The molecular formula is C17H21N5O3. The Morgan fingerprint density at radius 3 is 2.56 bits per heavy atom. The summed E-state index contributed by atoms with van der Waals surface area (Å²) in [6, 6.07) is 7.23. The predicted octanol–water partition coefficient (Wildman–Crippen LogP) is 3.52. The summed E-state index contributed by atoms with van der Waals surface area (Å²) >= 11 is 0. The van der Waals surface area contributed by atoms with Gasteiger partial charge in [-0.15, -0.1) is 0 Å². The van der Waals surface area contributed by atoms with Crippen LogP contribution >= 0.6 is 0 Å². The van der Waals surface area contributed by atoms with E-state index in [0.717, 1.165) is 38.1 Å². The molecule has 1 aromatic heterocycles. The number of benzene rings is 1. The lowest BCUT2D eigenvalue weighted by atomic mass is 10.1. The Morgan fingerprint density at radius 2 is 1.92 bits per heavy atom. The molecule has 8 nitrogen and oxygen atoms in total. The number of piperidine rings is 1. The lowest BCUT2D eigenvalue weighted by Gasteiger charge is -2.27. The Bertz CT molecular complexity index is 730. The monoisotopic (exact) mass is 343 g/mol. The Balaban J connectivity index is 1.88. The largest absolute Gasteiger partial charge is 0.494 e. The number of hydrogen-bond donors (Lipinski definition) is 1. The van der Waals surface area contributed by atoms with Crippen LogP contribution < -0.4 is 15.0 Å². The minimum Gasteiger partial charge on any atom is -0.494 e. The summed E-state index contributed by atoms with van der Waals surface area (Å²) in [5.41, 5.74) is 0.619. The average molecular weight is 343 g/mol. The van der Waals surface area contributed by atoms with Gasteiger partial charge in [0.2, 0.25) is 11.6 Å². The minimum atomic E-state index is -0.416. The van der Waals surface area contributed by atoms with E-state index in [-0.39, 0.29) is 11.5 Å². The maximum Gasteiger partial charge on any atom is 0.353 e. The fourth-order valence-electron chi connectivity index (χ4n) is 2.90. The number of rotatable bonds is 6.